The maximum absolute atomic E-state index is 12.0. The van der Waals surface area contributed by atoms with Crippen molar-refractivity contribution in [1.82, 2.24) is 5.32 Å². The lowest BCUT2D eigenvalue weighted by atomic mass is 9.89. The maximum Gasteiger partial charge on any atom is 0.227 e. The molecule has 1 aromatic rings. The number of nitrogens with two attached hydrogens (primary N) is 1. The fourth-order valence-electron chi connectivity index (χ4n) is 2.90. The van der Waals surface area contributed by atoms with Crippen LogP contribution in [0.5, 0.6) is 0 Å². The van der Waals surface area contributed by atoms with Crippen LogP contribution in [0.1, 0.15) is 18.9 Å². The van der Waals surface area contributed by atoms with Gasteiger partial charge in [-0.25, -0.2) is 0 Å². The van der Waals surface area contributed by atoms with Crippen LogP contribution in [0.25, 0.3) is 0 Å². The zero-order valence-electron chi connectivity index (χ0n) is 12.4. The molecule has 5 heteroatoms. The second-order valence-corrected chi connectivity index (χ2v) is 6.32. The van der Waals surface area contributed by atoms with E-state index in [2.05, 4.69) is 34.7 Å². The summed E-state index contributed by atoms with van der Waals surface area (Å²) < 4.78 is 0. The van der Waals surface area contributed by atoms with Crippen LogP contribution in [-0.4, -0.2) is 32.3 Å². The Hall–Kier alpha value is -1.20. The van der Waals surface area contributed by atoms with Gasteiger partial charge in [-0.2, -0.15) is 0 Å². The number of benzene rings is 1. The molecule has 1 aliphatic heterocycles. The molecule has 0 saturated carbocycles. The van der Waals surface area contributed by atoms with Gasteiger partial charge in [0.25, 0.3) is 0 Å². The molecule has 1 fully saturated rings. The van der Waals surface area contributed by atoms with Crippen LogP contribution in [-0.2, 0) is 11.3 Å². The van der Waals surface area contributed by atoms with E-state index in [9.17, 15) is 4.79 Å². The number of thioether (sulfide) groups is 1. The molecule has 0 bridgehead atoms. The molecule has 2 rings (SSSR count). The third kappa shape index (κ3) is 2.65. The van der Waals surface area contributed by atoms with E-state index in [0.717, 1.165) is 19.5 Å². The Morgan fingerprint density at radius 2 is 2.30 bits per heavy atom. The molecule has 1 aliphatic rings. The first-order valence-electron chi connectivity index (χ1n) is 6.89. The predicted octanol–water partition coefficient (Wildman–Crippen LogP) is 1.83. The molecule has 1 heterocycles. The standard InChI is InChI=1S/C15H23N3OS/c1-15(14(19)17-2)7-8-18(10-15)12-5-4-6-13(20-3)11(12)9-16/h4-6H,7-10,16H2,1-3H3,(H,17,19). The summed E-state index contributed by atoms with van der Waals surface area (Å²) in [7, 11) is 1.70. The fraction of sp³-hybridized carbons (Fsp3) is 0.533. The average Bonchev–Trinajstić information content (AvgIpc) is 2.88. The number of hydrogen-bond acceptors (Lipinski definition) is 4. The summed E-state index contributed by atoms with van der Waals surface area (Å²) in [6.07, 6.45) is 2.94. The largest absolute Gasteiger partial charge is 0.370 e. The molecule has 110 valence electrons. The van der Waals surface area contributed by atoms with Crippen LogP contribution < -0.4 is 16.0 Å². The van der Waals surface area contributed by atoms with Crippen molar-refractivity contribution in [1.29, 1.82) is 0 Å². The van der Waals surface area contributed by atoms with Gasteiger partial charge < -0.3 is 16.0 Å². The number of nitrogens with one attached hydrogen (secondary N) is 1. The number of hydrogen-bond donors (Lipinski definition) is 2. The van der Waals surface area contributed by atoms with Crippen molar-refractivity contribution in [2.24, 2.45) is 11.1 Å². The summed E-state index contributed by atoms with van der Waals surface area (Å²) in [5, 5.41) is 2.78. The summed E-state index contributed by atoms with van der Waals surface area (Å²) in [5.41, 5.74) is 7.97. The van der Waals surface area contributed by atoms with E-state index in [1.807, 2.05) is 6.92 Å². The maximum atomic E-state index is 12.0. The Kier molecular flexibility index (Phi) is 4.60. The minimum atomic E-state index is -0.310. The molecule has 1 atom stereocenters. The van der Waals surface area contributed by atoms with Gasteiger partial charge >= 0.3 is 0 Å². The Morgan fingerprint density at radius 3 is 2.90 bits per heavy atom. The topological polar surface area (TPSA) is 58.4 Å². The highest BCUT2D eigenvalue weighted by molar-refractivity contribution is 7.98. The van der Waals surface area contributed by atoms with Gasteiger partial charge in [-0.15, -0.1) is 11.8 Å². The van der Waals surface area contributed by atoms with Gasteiger partial charge in [0.15, 0.2) is 0 Å². The Morgan fingerprint density at radius 1 is 1.55 bits per heavy atom. The summed E-state index contributed by atoms with van der Waals surface area (Å²) in [4.78, 5) is 15.5. The van der Waals surface area contributed by atoms with Gasteiger partial charge in [0, 0.05) is 42.8 Å². The van der Waals surface area contributed by atoms with Crippen molar-refractivity contribution in [3.05, 3.63) is 23.8 Å². The van der Waals surface area contributed by atoms with E-state index in [4.69, 9.17) is 5.73 Å². The smallest absolute Gasteiger partial charge is 0.227 e. The summed E-state index contributed by atoms with van der Waals surface area (Å²) in [5.74, 6) is 0.121. The number of amides is 1. The van der Waals surface area contributed by atoms with Crippen LogP contribution in [0.2, 0.25) is 0 Å². The zero-order chi connectivity index (χ0) is 14.8. The van der Waals surface area contributed by atoms with Gasteiger partial charge in [-0.1, -0.05) is 6.07 Å². The van der Waals surface area contributed by atoms with Crippen LogP contribution in [0, 0.1) is 5.41 Å². The van der Waals surface area contributed by atoms with Crippen molar-refractivity contribution in [2.75, 3.05) is 31.3 Å². The number of carbonyl (C=O) groups is 1. The molecule has 0 aliphatic carbocycles. The highest BCUT2D eigenvalue weighted by Gasteiger charge is 2.40. The zero-order valence-corrected chi connectivity index (χ0v) is 13.2. The molecule has 1 unspecified atom stereocenters. The van der Waals surface area contributed by atoms with Crippen molar-refractivity contribution < 1.29 is 4.79 Å². The van der Waals surface area contributed by atoms with Gasteiger partial charge in [0.05, 0.1) is 5.41 Å². The Balaban J connectivity index is 2.29. The van der Waals surface area contributed by atoms with E-state index in [-0.39, 0.29) is 11.3 Å². The number of nitrogens with zero attached hydrogens (tertiary/aromatic N) is 1. The number of rotatable bonds is 4. The molecule has 20 heavy (non-hydrogen) atoms. The summed E-state index contributed by atoms with van der Waals surface area (Å²) in [6.45, 7) is 4.21. The second kappa shape index (κ2) is 6.06. The first-order chi connectivity index (χ1) is 9.55. The average molecular weight is 293 g/mol. The Labute approximate surface area is 125 Å². The molecule has 0 aromatic heterocycles. The molecule has 0 spiro atoms. The lowest BCUT2D eigenvalue weighted by Crippen LogP contribution is -2.39. The lowest BCUT2D eigenvalue weighted by Gasteiger charge is -2.26. The highest BCUT2D eigenvalue weighted by atomic mass is 32.2. The monoisotopic (exact) mass is 293 g/mol. The Bertz CT molecular complexity index is 506. The predicted molar refractivity (Wildman–Crippen MR) is 85.1 cm³/mol. The number of anilines is 1. The quantitative estimate of drug-likeness (QED) is 0.832. The van der Waals surface area contributed by atoms with E-state index in [1.54, 1.807) is 18.8 Å². The van der Waals surface area contributed by atoms with Crippen molar-refractivity contribution in [3.8, 4) is 0 Å². The first kappa shape index (κ1) is 15.2. The van der Waals surface area contributed by atoms with Crippen molar-refractivity contribution >= 4 is 23.4 Å². The van der Waals surface area contributed by atoms with E-state index in [0.29, 0.717) is 6.54 Å². The molecular weight excluding hydrogens is 270 g/mol. The second-order valence-electron chi connectivity index (χ2n) is 5.47. The minimum absolute atomic E-state index is 0.121. The van der Waals surface area contributed by atoms with Gasteiger partial charge in [0.1, 0.15) is 0 Å². The molecule has 3 N–H and O–H groups in total. The molecule has 1 saturated heterocycles. The lowest BCUT2D eigenvalue weighted by molar-refractivity contribution is -0.128. The molecule has 1 amide bonds. The number of carbonyl (C=O) groups excluding carboxylic acids is 1. The fourth-order valence-corrected chi connectivity index (χ4v) is 3.55. The summed E-state index contributed by atoms with van der Waals surface area (Å²) >= 11 is 1.72. The normalized spacial score (nSPS) is 22.1. The third-order valence-corrected chi connectivity index (χ3v) is 4.94. The van der Waals surface area contributed by atoms with Crippen LogP contribution in [0.15, 0.2) is 23.1 Å². The van der Waals surface area contributed by atoms with E-state index in [1.165, 1.54) is 16.1 Å². The van der Waals surface area contributed by atoms with Crippen LogP contribution >= 0.6 is 11.8 Å². The van der Waals surface area contributed by atoms with Gasteiger partial charge in [-0.3, -0.25) is 4.79 Å². The SMILES string of the molecule is CNC(=O)C1(C)CCN(c2cccc(SC)c2CN)C1. The van der Waals surface area contributed by atoms with E-state index < -0.39 is 0 Å². The van der Waals surface area contributed by atoms with Crippen LogP contribution in [0.3, 0.4) is 0 Å². The van der Waals surface area contributed by atoms with Crippen molar-refractivity contribution in [3.63, 3.8) is 0 Å². The summed E-state index contributed by atoms with van der Waals surface area (Å²) in [6, 6.07) is 6.28. The minimum Gasteiger partial charge on any atom is -0.370 e. The van der Waals surface area contributed by atoms with Crippen LogP contribution in [0.4, 0.5) is 5.69 Å². The van der Waals surface area contributed by atoms with Crippen molar-refractivity contribution in [2.45, 2.75) is 24.8 Å². The molecule has 0 radical (unpaired) electrons. The van der Waals surface area contributed by atoms with E-state index >= 15 is 0 Å². The van der Waals surface area contributed by atoms with Gasteiger partial charge in [-0.05, 0) is 31.7 Å². The first-order valence-corrected chi connectivity index (χ1v) is 8.11. The third-order valence-electron chi connectivity index (χ3n) is 4.12. The highest BCUT2D eigenvalue weighted by Crippen LogP contribution is 2.37. The molecular formula is C15H23N3OS. The molecule has 1 aromatic carbocycles. The molecule has 4 nitrogen and oxygen atoms in total. The van der Waals surface area contributed by atoms with Gasteiger partial charge in [0.2, 0.25) is 5.91 Å².